The fraction of sp³-hybridized carbons (Fsp3) is 0.571. The van der Waals surface area contributed by atoms with Gasteiger partial charge in [0.15, 0.2) is 0 Å². The van der Waals surface area contributed by atoms with Crippen molar-refractivity contribution in [3.63, 3.8) is 0 Å². The molecule has 2 fully saturated rings. The number of nitrogens with one attached hydrogen (secondary N) is 1. The molecule has 1 aromatic carbocycles. The summed E-state index contributed by atoms with van der Waals surface area (Å²) in [7, 11) is 0. The molecule has 0 radical (unpaired) electrons. The second-order valence-electron chi connectivity index (χ2n) is 5.49. The maximum Gasteiger partial charge on any atom is 0.123 e. The van der Waals surface area contributed by atoms with Crippen molar-refractivity contribution in [1.82, 2.24) is 5.43 Å². The van der Waals surface area contributed by atoms with Gasteiger partial charge in [0.2, 0.25) is 0 Å². The lowest BCUT2D eigenvalue weighted by molar-refractivity contribution is 0.0857. The molecular formula is C14H18BrFN2O. The van der Waals surface area contributed by atoms with Crippen LogP contribution in [0.5, 0.6) is 0 Å². The Morgan fingerprint density at radius 3 is 2.95 bits per heavy atom. The highest BCUT2D eigenvalue weighted by Crippen LogP contribution is 2.41. The van der Waals surface area contributed by atoms with E-state index in [1.165, 1.54) is 12.5 Å². The summed E-state index contributed by atoms with van der Waals surface area (Å²) in [6, 6.07) is 4.91. The maximum atomic E-state index is 13.3. The fourth-order valence-electron chi connectivity index (χ4n) is 3.37. The molecule has 0 aromatic heterocycles. The fourth-order valence-corrected chi connectivity index (χ4v) is 3.78. The molecule has 4 atom stereocenters. The lowest BCUT2D eigenvalue weighted by Crippen LogP contribution is -2.45. The van der Waals surface area contributed by atoms with Crippen molar-refractivity contribution in [2.75, 3.05) is 0 Å². The Labute approximate surface area is 120 Å². The van der Waals surface area contributed by atoms with Crippen LogP contribution in [0.15, 0.2) is 22.7 Å². The van der Waals surface area contributed by atoms with Crippen molar-refractivity contribution in [1.29, 1.82) is 0 Å². The highest BCUT2D eigenvalue weighted by atomic mass is 79.9. The molecule has 4 unspecified atom stereocenters. The van der Waals surface area contributed by atoms with Crippen LogP contribution >= 0.6 is 15.9 Å². The van der Waals surface area contributed by atoms with Crippen LogP contribution in [0.3, 0.4) is 0 Å². The van der Waals surface area contributed by atoms with E-state index >= 15 is 0 Å². The summed E-state index contributed by atoms with van der Waals surface area (Å²) in [6.45, 7) is 0. The van der Waals surface area contributed by atoms with Gasteiger partial charge in [0.1, 0.15) is 5.82 Å². The second kappa shape index (κ2) is 5.48. The van der Waals surface area contributed by atoms with Gasteiger partial charge in [-0.2, -0.15) is 0 Å². The minimum absolute atomic E-state index is 0.133. The molecule has 1 aromatic rings. The molecule has 0 aliphatic carbocycles. The van der Waals surface area contributed by atoms with Crippen LogP contribution in [0.25, 0.3) is 0 Å². The van der Waals surface area contributed by atoms with Crippen LogP contribution in [0.4, 0.5) is 4.39 Å². The van der Waals surface area contributed by atoms with Gasteiger partial charge < -0.3 is 4.74 Å². The Balaban J connectivity index is 1.74. The Morgan fingerprint density at radius 1 is 1.47 bits per heavy atom. The molecule has 3 N–H and O–H groups in total. The molecule has 104 valence electrons. The quantitative estimate of drug-likeness (QED) is 0.659. The first-order chi connectivity index (χ1) is 9.17. The third-order valence-corrected chi connectivity index (χ3v) is 5.11. The van der Waals surface area contributed by atoms with Crippen LogP contribution < -0.4 is 11.3 Å². The smallest absolute Gasteiger partial charge is 0.123 e. The Kier molecular flexibility index (Phi) is 3.89. The monoisotopic (exact) mass is 328 g/mol. The number of rotatable bonds is 4. The first kappa shape index (κ1) is 13.5. The molecule has 0 spiro atoms. The summed E-state index contributed by atoms with van der Waals surface area (Å²) in [5, 5.41) is 0. The van der Waals surface area contributed by atoms with Gasteiger partial charge in [0, 0.05) is 16.4 Å². The molecule has 2 heterocycles. The molecule has 2 bridgehead atoms. The summed E-state index contributed by atoms with van der Waals surface area (Å²) in [6.07, 6.45) is 4.79. The highest BCUT2D eigenvalue weighted by molar-refractivity contribution is 9.10. The number of halogens is 2. The summed E-state index contributed by atoms with van der Waals surface area (Å²) in [5.74, 6) is 5.93. The van der Waals surface area contributed by atoms with Crippen molar-refractivity contribution in [3.05, 3.63) is 34.1 Å². The predicted molar refractivity (Wildman–Crippen MR) is 74.9 cm³/mol. The van der Waals surface area contributed by atoms with Gasteiger partial charge in [0.25, 0.3) is 0 Å². The molecule has 3 nitrogen and oxygen atoms in total. The zero-order valence-corrected chi connectivity index (χ0v) is 12.2. The Hall–Kier alpha value is -0.490. The number of hydrogen-bond donors (Lipinski definition) is 2. The summed E-state index contributed by atoms with van der Waals surface area (Å²) < 4.78 is 20.1. The van der Waals surface area contributed by atoms with Crippen LogP contribution in [-0.4, -0.2) is 18.2 Å². The average molecular weight is 329 g/mol. The van der Waals surface area contributed by atoms with Crippen molar-refractivity contribution in [3.8, 4) is 0 Å². The van der Waals surface area contributed by atoms with E-state index in [4.69, 9.17) is 10.6 Å². The number of ether oxygens (including phenoxy) is 1. The van der Waals surface area contributed by atoms with Crippen molar-refractivity contribution in [2.24, 2.45) is 11.8 Å². The first-order valence-electron chi connectivity index (χ1n) is 6.73. The standard InChI is InChI=1S/C14H18BrFN2O/c15-12-3-1-9(16)5-8(12)6-13(18-17)11-7-10-2-4-14(11)19-10/h1,3,5,10-11,13-14,18H,2,4,6-7,17H2. The van der Waals surface area contributed by atoms with E-state index < -0.39 is 0 Å². The van der Waals surface area contributed by atoms with Crippen LogP contribution in [-0.2, 0) is 11.2 Å². The number of hydrazine groups is 1. The summed E-state index contributed by atoms with van der Waals surface area (Å²) in [4.78, 5) is 0. The van der Waals surface area contributed by atoms with E-state index in [1.54, 1.807) is 12.1 Å². The zero-order chi connectivity index (χ0) is 13.4. The number of benzene rings is 1. The molecule has 3 rings (SSSR count). The SMILES string of the molecule is NNC(Cc1cc(F)ccc1Br)C1CC2CCC1O2. The lowest BCUT2D eigenvalue weighted by atomic mass is 9.82. The van der Waals surface area contributed by atoms with Gasteiger partial charge >= 0.3 is 0 Å². The predicted octanol–water partition coefficient (Wildman–Crippen LogP) is 2.53. The topological polar surface area (TPSA) is 47.3 Å². The van der Waals surface area contributed by atoms with Gasteiger partial charge in [0.05, 0.1) is 12.2 Å². The molecule has 2 saturated heterocycles. The van der Waals surface area contributed by atoms with Crippen LogP contribution in [0.1, 0.15) is 24.8 Å². The number of fused-ring (bicyclic) bond motifs is 2. The van der Waals surface area contributed by atoms with E-state index in [9.17, 15) is 4.39 Å². The minimum Gasteiger partial charge on any atom is -0.375 e. The molecule has 5 heteroatoms. The highest BCUT2D eigenvalue weighted by Gasteiger charge is 2.44. The van der Waals surface area contributed by atoms with E-state index in [-0.39, 0.29) is 11.9 Å². The minimum atomic E-state index is -0.210. The lowest BCUT2D eigenvalue weighted by Gasteiger charge is -2.28. The molecule has 0 amide bonds. The number of nitrogens with two attached hydrogens (primary N) is 1. The zero-order valence-electron chi connectivity index (χ0n) is 10.6. The van der Waals surface area contributed by atoms with Crippen molar-refractivity contribution in [2.45, 2.75) is 43.9 Å². The maximum absolute atomic E-state index is 13.3. The van der Waals surface area contributed by atoms with Gasteiger partial charge in [-0.25, -0.2) is 4.39 Å². The Bertz CT molecular complexity index is 471. The van der Waals surface area contributed by atoms with E-state index in [1.807, 2.05) is 0 Å². The number of hydrogen-bond acceptors (Lipinski definition) is 3. The van der Waals surface area contributed by atoms with Gasteiger partial charge in [-0.1, -0.05) is 15.9 Å². The first-order valence-corrected chi connectivity index (χ1v) is 7.52. The summed E-state index contributed by atoms with van der Waals surface area (Å²) >= 11 is 3.47. The van der Waals surface area contributed by atoms with E-state index in [0.29, 0.717) is 24.5 Å². The van der Waals surface area contributed by atoms with E-state index in [2.05, 4.69) is 21.4 Å². The molecule has 19 heavy (non-hydrogen) atoms. The third-order valence-electron chi connectivity index (χ3n) is 4.33. The van der Waals surface area contributed by atoms with E-state index in [0.717, 1.165) is 22.9 Å². The van der Waals surface area contributed by atoms with Gasteiger partial charge in [-0.15, -0.1) is 0 Å². The molecular weight excluding hydrogens is 311 g/mol. The van der Waals surface area contributed by atoms with Crippen LogP contribution in [0.2, 0.25) is 0 Å². The van der Waals surface area contributed by atoms with Crippen molar-refractivity contribution >= 4 is 15.9 Å². The normalized spacial score (nSPS) is 30.8. The molecule has 0 saturated carbocycles. The van der Waals surface area contributed by atoms with Gasteiger partial charge in [-0.05, 0) is 49.4 Å². The third kappa shape index (κ3) is 2.70. The molecule has 2 aliphatic heterocycles. The average Bonchev–Trinajstić information content (AvgIpc) is 3.02. The van der Waals surface area contributed by atoms with Crippen LogP contribution in [0, 0.1) is 11.7 Å². The Morgan fingerprint density at radius 2 is 2.32 bits per heavy atom. The largest absolute Gasteiger partial charge is 0.375 e. The second-order valence-corrected chi connectivity index (χ2v) is 6.34. The van der Waals surface area contributed by atoms with Crippen molar-refractivity contribution < 1.29 is 9.13 Å². The molecule has 2 aliphatic rings. The van der Waals surface area contributed by atoms with Gasteiger partial charge in [-0.3, -0.25) is 11.3 Å². The summed E-state index contributed by atoms with van der Waals surface area (Å²) in [5.41, 5.74) is 3.85.